The van der Waals surface area contributed by atoms with Crippen molar-refractivity contribution in [2.24, 2.45) is 0 Å². The predicted molar refractivity (Wildman–Crippen MR) is 94.8 cm³/mol. The van der Waals surface area contributed by atoms with Gasteiger partial charge in [-0.1, -0.05) is 68.4 Å². The van der Waals surface area contributed by atoms with Gasteiger partial charge < -0.3 is 15.0 Å². The van der Waals surface area contributed by atoms with Gasteiger partial charge in [-0.2, -0.15) is 0 Å². The van der Waals surface area contributed by atoms with Crippen molar-refractivity contribution in [3.63, 3.8) is 0 Å². The second-order valence-corrected chi connectivity index (χ2v) is 5.55. The summed E-state index contributed by atoms with van der Waals surface area (Å²) in [6.07, 6.45) is 23.3. The smallest absolute Gasteiger partial charge is 0.0724 e. The highest BCUT2D eigenvalue weighted by atomic mass is 16.4. The molecule has 0 saturated heterocycles. The van der Waals surface area contributed by atoms with Crippen molar-refractivity contribution in [2.75, 3.05) is 0 Å². The Kier molecular flexibility index (Phi) is 15.6. The fourth-order valence-corrected chi connectivity index (χ4v) is 1.98. The topological polar surface area (TPSA) is 60.4 Å². The maximum Gasteiger partial charge on any atom is 0.0724 e. The number of carbonyl (C=O) groups is 1. The summed E-state index contributed by atoms with van der Waals surface area (Å²) in [7, 11) is 0. The second-order valence-electron chi connectivity index (χ2n) is 5.55. The molecule has 0 aromatic heterocycles. The normalized spacial score (nSPS) is 13.8. The Bertz CT molecular complexity index is 392. The second kappa shape index (κ2) is 16.8. The van der Waals surface area contributed by atoms with Crippen molar-refractivity contribution in [2.45, 2.75) is 70.8 Å². The van der Waals surface area contributed by atoms with Crippen LogP contribution < -0.4 is 5.11 Å². The summed E-state index contributed by atoms with van der Waals surface area (Å²) in [5.41, 5.74) is 0. The molecule has 1 unspecified atom stereocenters. The molecule has 0 saturated carbocycles. The molecule has 23 heavy (non-hydrogen) atoms. The summed E-state index contributed by atoms with van der Waals surface area (Å²) in [6, 6.07) is 0. The molecule has 0 radical (unpaired) electrons. The zero-order valence-electron chi connectivity index (χ0n) is 14.3. The standard InChI is InChI=1S/C20H32O3/c1-2-3-4-5-6-7-8-9-10-11-12-13-14-16-19(21)17-15-18-20(22)23/h6-7,9-10,12-14,16,19,21H,2-5,8,11,15,17-18H2,1H3,(H,22,23)/p-1/b7-6-,10-9-,13-12-,16-14-. The zero-order chi connectivity index (χ0) is 17.2. The summed E-state index contributed by atoms with van der Waals surface area (Å²) >= 11 is 0. The lowest BCUT2D eigenvalue weighted by atomic mass is 10.1. The summed E-state index contributed by atoms with van der Waals surface area (Å²) in [5, 5.41) is 19.8. The van der Waals surface area contributed by atoms with Crippen LogP contribution in [0.4, 0.5) is 0 Å². The van der Waals surface area contributed by atoms with Crippen LogP contribution in [0.5, 0.6) is 0 Å². The first-order valence-corrected chi connectivity index (χ1v) is 8.68. The molecule has 0 aliphatic heterocycles. The van der Waals surface area contributed by atoms with Crippen molar-refractivity contribution in [1.29, 1.82) is 0 Å². The number of carboxylic acid groups (broad SMARTS) is 1. The molecule has 1 N–H and O–H groups in total. The van der Waals surface area contributed by atoms with Crippen LogP contribution in [0.3, 0.4) is 0 Å². The van der Waals surface area contributed by atoms with E-state index in [-0.39, 0.29) is 6.42 Å². The van der Waals surface area contributed by atoms with E-state index in [1.165, 1.54) is 25.7 Å². The Labute approximate surface area is 141 Å². The predicted octanol–water partition coefficient (Wildman–Crippen LogP) is 3.85. The number of unbranched alkanes of at least 4 members (excludes halogenated alkanes) is 3. The van der Waals surface area contributed by atoms with E-state index >= 15 is 0 Å². The Hall–Kier alpha value is -1.61. The number of hydrogen-bond donors (Lipinski definition) is 1. The molecule has 0 aromatic carbocycles. The number of aliphatic carboxylic acids is 1. The number of aliphatic hydroxyl groups is 1. The summed E-state index contributed by atoms with van der Waals surface area (Å²) in [6.45, 7) is 2.22. The molecule has 0 rings (SSSR count). The molecule has 3 nitrogen and oxygen atoms in total. The molecule has 0 aromatic rings. The van der Waals surface area contributed by atoms with Gasteiger partial charge in [-0.25, -0.2) is 0 Å². The van der Waals surface area contributed by atoms with E-state index in [1.807, 2.05) is 12.2 Å². The Morgan fingerprint density at radius 2 is 1.70 bits per heavy atom. The van der Waals surface area contributed by atoms with E-state index in [1.54, 1.807) is 12.2 Å². The fourth-order valence-electron chi connectivity index (χ4n) is 1.98. The quantitative estimate of drug-likeness (QED) is 0.300. The lowest BCUT2D eigenvalue weighted by Crippen LogP contribution is -2.22. The zero-order valence-corrected chi connectivity index (χ0v) is 14.3. The Morgan fingerprint density at radius 3 is 2.39 bits per heavy atom. The minimum atomic E-state index is -1.07. The fraction of sp³-hybridized carbons (Fsp3) is 0.550. The first-order chi connectivity index (χ1) is 11.2. The van der Waals surface area contributed by atoms with Gasteiger partial charge in [0.25, 0.3) is 0 Å². The minimum Gasteiger partial charge on any atom is -0.550 e. The van der Waals surface area contributed by atoms with Gasteiger partial charge in [-0.3, -0.25) is 0 Å². The molecular formula is C20H31O3-. The number of carbonyl (C=O) groups excluding carboxylic acids is 1. The SMILES string of the molecule is CCCCC/C=C\C/C=C\C/C=C\C=C/C(O)CCCC(=O)[O-]. The lowest BCUT2D eigenvalue weighted by Gasteiger charge is -2.04. The van der Waals surface area contributed by atoms with Gasteiger partial charge in [0.05, 0.1) is 6.10 Å². The largest absolute Gasteiger partial charge is 0.550 e. The monoisotopic (exact) mass is 319 g/mol. The van der Waals surface area contributed by atoms with Gasteiger partial charge in [0, 0.05) is 5.97 Å². The van der Waals surface area contributed by atoms with Gasteiger partial charge in [0.15, 0.2) is 0 Å². The van der Waals surface area contributed by atoms with Crippen LogP contribution >= 0.6 is 0 Å². The highest BCUT2D eigenvalue weighted by Crippen LogP contribution is 2.02. The van der Waals surface area contributed by atoms with Crippen LogP contribution in [0.25, 0.3) is 0 Å². The third kappa shape index (κ3) is 18.3. The molecule has 0 aliphatic rings. The maximum atomic E-state index is 10.2. The van der Waals surface area contributed by atoms with Crippen molar-refractivity contribution >= 4 is 5.97 Å². The van der Waals surface area contributed by atoms with Gasteiger partial charge in [-0.15, -0.1) is 0 Å². The highest BCUT2D eigenvalue weighted by molar-refractivity contribution is 5.64. The van der Waals surface area contributed by atoms with Gasteiger partial charge >= 0.3 is 0 Å². The summed E-state index contributed by atoms with van der Waals surface area (Å²) < 4.78 is 0. The molecule has 0 aliphatic carbocycles. The Morgan fingerprint density at radius 1 is 1.00 bits per heavy atom. The third-order valence-electron chi connectivity index (χ3n) is 3.31. The lowest BCUT2D eigenvalue weighted by molar-refractivity contribution is -0.305. The van der Waals surface area contributed by atoms with Gasteiger partial charge in [0.2, 0.25) is 0 Å². The summed E-state index contributed by atoms with van der Waals surface area (Å²) in [5.74, 6) is -1.07. The molecular weight excluding hydrogens is 288 g/mol. The average molecular weight is 319 g/mol. The first kappa shape index (κ1) is 21.4. The first-order valence-electron chi connectivity index (χ1n) is 8.68. The minimum absolute atomic E-state index is 0.00140. The van der Waals surface area contributed by atoms with E-state index in [0.29, 0.717) is 12.8 Å². The van der Waals surface area contributed by atoms with Crippen molar-refractivity contribution < 1.29 is 15.0 Å². The molecule has 0 fully saturated rings. The number of rotatable bonds is 14. The highest BCUT2D eigenvalue weighted by Gasteiger charge is 1.97. The van der Waals surface area contributed by atoms with Crippen LogP contribution in [-0.4, -0.2) is 17.2 Å². The van der Waals surface area contributed by atoms with Crippen LogP contribution in [-0.2, 0) is 4.79 Å². The molecule has 1 atom stereocenters. The van der Waals surface area contributed by atoms with Gasteiger partial charge in [0.1, 0.15) is 0 Å². The van der Waals surface area contributed by atoms with Crippen molar-refractivity contribution in [3.8, 4) is 0 Å². The number of carboxylic acids is 1. The summed E-state index contributed by atoms with van der Waals surface area (Å²) in [4.78, 5) is 10.2. The van der Waals surface area contributed by atoms with E-state index < -0.39 is 12.1 Å². The number of hydrogen-bond acceptors (Lipinski definition) is 3. The number of allylic oxidation sites excluding steroid dienone is 7. The molecule has 0 bridgehead atoms. The van der Waals surface area contributed by atoms with Crippen molar-refractivity contribution in [3.05, 3.63) is 48.6 Å². The van der Waals surface area contributed by atoms with Crippen molar-refractivity contribution in [1.82, 2.24) is 0 Å². The molecule has 0 spiro atoms. The number of aliphatic hydroxyl groups excluding tert-OH is 1. The molecule has 130 valence electrons. The maximum absolute atomic E-state index is 10.2. The van der Waals surface area contributed by atoms with E-state index in [0.717, 1.165) is 12.8 Å². The molecule has 3 heteroatoms. The molecule has 0 heterocycles. The third-order valence-corrected chi connectivity index (χ3v) is 3.31. The average Bonchev–Trinajstić information content (AvgIpc) is 2.51. The Balaban J connectivity index is 3.59. The van der Waals surface area contributed by atoms with Crippen LogP contribution in [0.2, 0.25) is 0 Å². The van der Waals surface area contributed by atoms with Gasteiger partial charge in [-0.05, 0) is 44.9 Å². The van der Waals surface area contributed by atoms with Crippen LogP contribution in [0.1, 0.15) is 64.7 Å². The van der Waals surface area contributed by atoms with Crippen LogP contribution in [0.15, 0.2) is 48.6 Å². The molecule has 0 amide bonds. The van der Waals surface area contributed by atoms with E-state index in [9.17, 15) is 15.0 Å². The van der Waals surface area contributed by atoms with E-state index in [2.05, 4.69) is 31.2 Å². The van der Waals surface area contributed by atoms with Crippen LogP contribution in [0, 0.1) is 0 Å². The van der Waals surface area contributed by atoms with E-state index in [4.69, 9.17) is 0 Å².